The topological polar surface area (TPSA) is 54.0 Å². The summed E-state index contributed by atoms with van der Waals surface area (Å²) in [5.74, 6) is -2.19. The zero-order valence-corrected chi connectivity index (χ0v) is 17.0. The first-order valence-corrected chi connectivity index (χ1v) is 9.69. The van der Waals surface area contributed by atoms with Crippen LogP contribution >= 0.6 is 0 Å². The summed E-state index contributed by atoms with van der Waals surface area (Å²) in [5, 5.41) is 7.11. The lowest BCUT2D eigenvalue weighted by Gasteiger charge is -2.18. The van der Waals surface area contributed by atoms with Crippen molar-refractivity contribution < 1.29 is 13.5 Å². The van der Waals surface area contributed by atoms with Crippen LogP contribution in [0.5, 0.6) is 11.5 Å². The van der Waals surface area contributed by atoms with Crippen molar-refractivity contribution in [2.24, 2.45) is 0 Å². The standard InChI is InChI=1S/C22H26F2N4O/c1-4-5-9-28(3)15-17-13-26-27-21(17)16-10-18(22(2,23)24)12-20(11-16)29-19-7-6-8-25-14-19/h6-8,10-14H,4-5,9,15H2,1-3H3,(H,26,27). The Bertz CT molecular complexity index is 922. The summed E-state index contributed by atoms with van der Waals surface area (Å²) < 4.78 is 34.1. The van der Waals surface area contributed by atoms with Gasteiger partial charge in [-0.05, 0) is 50.3 Å². The number of H-pyrrole nitrogens is 1. The molecule has 0 bridgehead atoms. The third-order valence-corrected chi connectivity index (χ3v) is 4.62. The number of benzene rings is 1. The molecular formula is C22H26F2N4O. The lowest BCUT2D eigenvalue weighted by molar-refractivity contribution is 0.0173. The molecule has 0 fully saturated rings. The van der Waals surface area contributed by atoms with Crippen LogP contribution in [0.1, 0.15) is 37.8 Å². The predicted molar refractivity (Wildman–Crippen MR) is 109 cm³/mol. The van der Waals surface area contributed by atoms with Crippen LogP contribution in [-0.4, -0.2) is 33.7 Å². The number of halogens is 2. The number of hydrogen-bond donors (Lipinski definition) is 1. The summed E-state index contributed by atoms with van der Waals surface area (Å²) >= 11 is 0. The molecule has 0 amide bonds. The number of alkyl halides is 2. The van der Waals surface area contributed by atoms with Crippen molar-refractivity contribution in [2.45, 2.75) is 39.2 Å². The summed E-state index contributed by atoms with van der Waals surface area (Å²) in [6.45, 7) is 4.67. The predicted octanol–water partition coefficient (Wildman–Crippen LogP) is 5.61. The maximum absolute atomic E-state index is 14.1. The quantitative estimate of drug-likeness (QED) is 0.507. The van der Waals surface area contributed by atoms with Crippen molar-refractivity contribution in [3.05, 3.63) is 60.0 Å². The molecule has 2 aromatic heterocycles. The zero-order chi connectivity index (χ0) is 20.9. The molecule has 0 saturated heterocycles. The van der Waals surface area contributed by atoms with Crippen LogP contribution in [0.25, 0.3) is 11.3 Å². The van der Waals surface area contributed by atoms with Gasteiger partial charge in [0, 0.05) is 36.4 Å². The molecule has 29 heavy (non-hydrogen) atoms. The molecule has 7 heteroatoms. The fourth-order valence-electron chi connectivity index (χ4n) is 3.08. The minimum atomic E-state index is -3.00. The highest BCUT2D eigenvalue weighted by Crippen LogP contribution is 2.36. The fourth-order valence-corrected chi connectivity index (χ4v) is 3.08. The highest BCUT2D eigenvalue weighted by atomic mass is 19.3. The summed E-state index contributed by atoms with van der Waals surface area (Å²) in [4.78, 5) is 6.20. The van der Waals surface area contributed by atoms with E-state index in [1.165, 1.54) is 12.1 Å². The molecule has 3 aromatic rings. The van der Waals surface area contributed by atoms with E-state index in [0.29, 0.717) is 23.6 Å². The molecule has 154 valence electrons. The van der Waals surface area contributed by atoms with Crippen molar-refractivity contribution in [1.82, 2.24) is 20.1 Å². The van der Waals surface area contributed by atoms with Gasteiger partial charge < -0.3 is 9.64 Å². The van der Waals surface area contributed by atoms with E-state index in [9.17, 15) is 8.78 Å². The van der Waals surface area contributed by atoms with Gasteiger partial charge in [-0.2, -0.15) is 5.10 Å². The summed E-state index contributed by atoms with van der Waals surface area (Å²) in [5.41, 5.74) is 2.16. The molecule has 0 aliphatic rings. The van der Waals surface area contributed by atoms with Crippen molar-refractivity contribution in [2.75, 3.05) is 13.6 Å². The van der Waals surface area contributed by atoms with E-state index in [1.807, 2.05) is 7.05 Å². The van der Waals surface area contributed by atoms with Crippen molar-refractivity contribution >= 4 is 0 Å². The van der Waals surface area contributed by atoms with Gasteiger partial charge in [-0.1, -0.05) is 13.3 Å². The molecule has 0 spiro atoms. The van der Waals surface area contributed by atoms with Crippen LogP contribution < -0.4 is 4.74 Å². The molecule has 0 unspecified atom stereocenters. The zero-order valence-electron chi connectivity index (χ0n) is 17.0. The van der Waals surface area contributed by atoms with Crippen LogP contribution in [-0.2, 0) is 12.5 Å². The first-order valence-electron chi connectivity index (χ1n) is 9.69. The minimum absolute atomic E-state index is 0.117. The Morgan fingerprint density at radius 2 is 2.00 bits per heavy atom. The Balaban J connectivity index is 1.95. The van der Waals surface area contributed by atoms with E-state index >= 15 is 0 Å². The van der Waals surface area contributed by atoms with Gasteiger partial charge in [-0.25, -0.2) is 8.78 Å². The Kier molecular flexibility index (Phi) is 6.59. The highest BCUT2D eigenvalue weighted by molar-refractivity contribution is 5.66. The number of nitrogens with zero attached hydrogens (tertiary/aromatic N) is 3. The second kappa shape index (κ2) is 9.13. The van der Waals surface area contributed by atoms with Crippen LogP contribution in [0.4, 0.5) is 8.78 Å². The maximum atomic E-state index is 14.1. The van der Waals surface area contributed by atoms with Crippen molar-refractivity contribution in [1.29, 1.82) is 0 Å². The lowest BCUT2D eigenvalue weighted by Crippen LogP contribution is -2.19. The molecule has 1 N–H and O–H groups in total. The number of unbranched alkanes of at least 4 members (excludes halogenated alkanes) is 1. The normalized spacial score (nSPS) is 11.8. The van der Waals surface area contributed by atoms with Gasteiger partial charge in [0.2, 0.25) is 0 Å². The number of rotatable bonds is 9. The van der Waals surface area contributed by atoms with Gasteiger partial charge in [0.25, 0.3) is 5.92 Å². The van der Waals surface area contributed by atoms with Gasteiger partial charge in [-0.3, -0.25) is 10.1 Å². The number of aromatic nitrogens is 3. The summed E-state index contributed by atoms with van der Waals surface area (Å²) in [7, 11) is 2.04. The van der Waals surface area contributed by atoms with E-state index < -0.39 is 5.92 Å². The molecule has 0 radical (unpaired) electrons. The molecule has 2 heterocycles. The average Bonchev–Trinajstić information content (AvgIpc) is 3.14. The maximum Gasteiger partial charge on any atom is 0.270 e. The van der Waals surface area contributed by atoms with E-state index in [1.54, 1.807) is 36.8 Å². The molecule has 0 atom stereocenters. The molecule has 0 aliphatic heterocycles. The van der Waals surface area contributed by atoms with Crippen LogP contribution in [0.3, 0.4) is 0 Å². The second-order valence-electron chi connectivity index (χ2n) is 7.29. The van der Waals surface area contributed by atoms with Gasteiger partial charge >= 0.3 is 0 Å². The third kappa shape index (κ3) is 5.60. The van der Waals surface area contributed by atoms with Crippen molar-refractivity contribution in [3.8, 4) is 22.8 Å². The largest absolute Gasteiger partial charge is 0.456 e. The van der Waals surface area contributed by atoms with Gasteiger partial charge in [0.05, 0.1) is 18.1 Å². The average molecular weight is 400 g/mol. The van der Waals surface area contributed by atoms with Gasteiger partial charge in [-0.15, -0.1) is 0 Å². The number of nitrogens with one attached hydrogen (secondary N) is 1. The molecule has 0 aliphatic carbocycles. The van der Waals surface area contributed by atoms with E-state index in [2.05, 4.69) is 27.0 Å². The van der Waals surface area contributed by atoms with E-state index in [0.717, 1.165) is 37.6 Å². The lowest BCUT2D eigenvalue weighted by atomic mass is 10.0. The molecule has 3 rings (SSSR count). The Morgan fingerprint density at radius 1 is 1.17 bits per heavy atom. The number of hydrogen-bond acceptors (Lipinski definition) is 4. The Hall–Kier alpha value is -2.80. The van der Waals surface area contributed by atoms with Crippen molar-refractivity contribution in [3.63, 3.8) is 0 Å². The molecule has 5 nitrogen and oxygen atoms in total. The van der Waals surface area contributed by atoms with Gasteiger partial charge in [0.15, 0.2) is 0 Å². The highest BCUT2D eigenvalue weighted by Gasteiger charge is 2.26. The first kappa shape index (κ1) is 20.9. The van der Waals surface area contributed by atoms with Crippen LogP contribution in [0, 0.1) is 0 Å². The third-order valence-electron chi connectivity index (χ3n) is 4.62. The number of aromatic amines is 1. The van der Waals surface area contributed by atoms with Gasteiger partial charge in [0.1, 0.15) is 11.5 Å². The van der Waals surface area contributed by atoms with E-state index in [4.69, 9.17) is 4.74 Å². The smallest absolute Gasteiger partial charge is 0.270 e. The molecular weight excluding hydrogens is 374 g/mol. The number of pyridine rings is 1. The van der Waals surface area contributed by atoms with Crippen LogP contribution in [0.15, 0.2) is 48.9 Å². The molecule has 1 aromatic carbocycles. The first-order chi connectivity index (χ1) is 13.9. The van der Waals surface area contributed by atoms with Crippen LogP contribution in [0.2, 0.25) is 0 Å². The fraction of sp³-hybridized carbons (Fsp3) is 0.364. The Morgan fingerprint density at radius 3 is 2.69 bits per heavy atom. The summed E-state index contributed by atoms with van der Waals surface area (Å²) in [6.07, 6.45) is 7.13. The molecule has 0 saturated carbocycles. The van der Waals surface area contributed by atoms with E-state index in [-0.39, 0.29) is 5.56 Å². The monoisotopic (exact) mass is 400 g/mol. The SMILES string of the molecule is CCCCN(C)Cc1cn[nH]c1-c1cc(Oc2cccnc2)cc(C(C)(F)F)c1. The second-order valence-corrected chi connectivity index (χ2v) is 7.29. The Labute approximate surface area is 169 Å². The number of ether oxygens (including phenoxy) is 1. The minimum Gasteiger partial charge on any atom is -0.456 e. The summed E-state index contributed by atoms with van der Waals surface area (Å²) in [6, 6.07) is 8.05.